The van der Waals surface area contributed by atoms with E-state index in [4.69, 9.17) is 4.42 Å². The van der Waals surface area contributed by atoms with Gasteiger partial charge in [-0.3, -0.25) is 4.90 Å². The molecule has 1 aromatic rings. The van der Waals surface area contributed by atoms with Crippen molar-refractivity contribution in [1.82, 2.24) is 10.2 Å². The molecule has 2 rings (SSSR count). The van der Waals surface area contributed by atoms with Gasteiger partial charge in [0.05, 0.1) is 6.26 Å². The fourth-order valence-corrected chi connectivity index (χ4v) is 2.77. The number of hydrogen-bond donors (Lipinski definition) is 1. The summed E-state index contributed by atoms with van der Waals surface area (Å²) >= 11 is 0. The Morgan fingerprint density at radius 3 is 2.58 bits per heavy atom. The van der Waals surface area contributed by atoms with Crippen LogP contribution in [0.15, 0.2) is 16.7 Å². The van der Waals surface area contributed by atoms with Gasteiger partial charge in [-0.15, -0.1) is 0 Å². The molecule has 1 saturated carbocycles. The molecule has 1 N–H and O–H groups in total. The van der Waals surface area contributed by atoms with Gasteiger partial charge in [-0.2, -0.15) is 0 Å². The molecule has 2 atom stereocenters. The van der Waals surface area contributed by atoms with Crippen LogP contribution < -0.4 is 5.32 Å². The van der Waals surface area contributed by atoms with E-state index in [1.54, 1.807) is 6.26 Å². The Hall–Kier alpha value is -0.800. The van der Waals surface area contributed by atoms with E-state index in [1.165, 1.54) is 18.4 Å². The molecule has 0 radical (unpaired) electrons. The summed E-state index contributed by atoms with van der Waals surface area (Å²) in [6, 6.07) is 2.80. The second-order valence-electron chi connectivity index (χ2n) is 6.95. The molecule has 0 aromatic carbocycles. The van der Waals surface area contributed by atoms with Crippen LogP contribution in [0.3, 0.4) is 0 Å². The van der Waals surface area contributed by atoms with Gasteiger partial charge in [0.25, 0.3) is 0 Å². The third kappa shape index (κ3) is 3.83. The van der Waals surface area contributed by atoms with Crippen LogP contribution in [0.25, 0.3) is 0 Å². The minimum Gasteiger partial charge on any atom is -0.469 e. The maximum atomic E-state index is 5.38. The van der Waals surface area contributed by atoms with E-state index in [1.807, 2.05) is 6.92 Å². The van der Waals surface area contributed by atoms with Gasteiger partial charge in [-0.25, -0.2) is 0 Å². The molecule has 0 saturated heterocycles. The number of furan rings is 1. The van der Waals surface area contributed by atoms with E-state index in [2.05, 4.69) is 44.1 Å². The molecular formula is C16H28N2O. The summed E-state index contributed by atoms with van der Waals surface area (Å²) in [7, 11) is 2.24. The average molecular weight is 264 g/mol. The molecule has 3 nitrogen and oxygen atoms in total. The Morgan fingerprint density at radius 2 is 2.11 bits per heavy atom. The lowest BCUT2D eigenvalue weighted by atomic mass is 9.78. The number of rotatable bonds is 5. The molecule has 1 aromatic heterocycles. The second kappa shape index (κ2) is 5.68. The molecule has 19 heavy (non-hydrogen) atoms. The zero-order valence-corrected chi connectivity index (χ0v) is 13.0. The molecule has 108 valence electrons. The Labute approximate surface area is 117 Å². The van der Waals surface area contributed by atoms with E-state index in [-0.39, 0.29) is 5.54 Å². The lowest BCUT2D eigenvalue weighted by Gasteiger charge is -2.44. The standard InChI is InChI=1S/C16H28N2O/c1-12-14(8-9-19-12)11-18(5)15-7-6-13(15)10-17-16(2,3)4/h8-9,13,15,17H,6-7,10-11H2,1-5H3. The molecule has 3 heteroatoms. The first kappa shape index (κ1) is 14.6. The molecule has 0 bridgehead atoms. The molecule has 1 fully saturated rings. The minimum atomic E-state index is 0.222. The Kier molecular flexibility index (Phi) is 4.36. The molecular weight excluding hydrogens is 236 g/mol. The van der Waals surface area contributed by atoms with Crippen molar-refractivity contribution in [3.05, 3.63) is 23.7 Å². The smallest absolute Gasteiger partial charge is 0.105 e. The molecule has 0 amide bonds. The van der Waals surface area contributed by atoms with Crippen LogP contribution in [0.1, 0.15) is 44.9 Å². The summed E-state index contributed by atoms with van der Waals surface area (Å²) in [6.45, 7) is 10.9. The highest BCUT2D eigenvalue weighted by Gasteiger charge is 2.34. The van der Waals surface area contributed by atoms with Gasteiger partial charge >= 0.3 is 0 Å². The third-order valence-corrected chi connectivity index (χ3v) is 4.22. The van der Waals surface area contributed by atoms with E-state index >= 15 is 0 Å². The van der Waals surface area contributed by atoms with Crippen molar-refractivity contribution in [1.29, 1.82) is 0 Å². The molecule has 1 aliphatic carbocycles. The van der Waals surface area contributed by atoms with Crippen molar-refractivity contribution in [2.45, 2.75) is 58.7 Å². The van der Waals surface area contributed by atoms with Crippen molar-refractivity contribution in [2.75, 3.05) is 13.6 Å². The third-order valence-electron chi connectivity index (χ3n) is 4.22. The Balaban J connectivity index is 1.83. The average Bonchev–Trinajstić information content (AvgIpc) is 2.61. The summed E-state index contributed by atoms with van der Waals surface area (Å²) in [5.74, 6) is 1.84. The largest absolute Gasteiger partial charge is 0.469 e. The number of hydrogen-bond acceptors (Lipinski definition) is 3. The van der Waals surface area contributed by atoms with Crippen molar-refractivity contribution >= 4 is 0 Å². The molecule has 0 aliphatic heterocycles. The van der Waals surface area contributed by atoms with Crippen molar-refractivity contribution in [3.63, 3.8) is 0 Å². The molecule has 1 heterocycles. The van der Waals surface area contributed by atoms with Gasteiger partial charge in [-0.1, -0.05) is 0 Å². The number of aryl methyl sites for hydroxylation is 1. The predicted octanol–water partition coefficient (Wildman–Crippen LogP) is 3.19. The second-order valence-corrected chi connectivity index (χ2v) is 6.95. The van der Waals surface area contributed by atoms with E-state index in [0.29, 0.717) is 6.04 Å². The Bertz CT molecular complexity index is 405. The Morgan fingerprint density at radius 1 is 1.37 bits per heavy atom. The van der Waals surface area contributed by atoms with Crippen LogP contribution in [0.4, 0.5) is 0 Å². The van der Waals surface area contributed by atoms with Crippen molar-refractivity contribution in [2.24, 2.45) is 5.92 Å². The zero-order valence-electron chi connectivity index (χ0n) is 13.0. The van der Waals surface area contributed by atoms with Gasteiger partial charge < -0.3 is 9.73 Å². The topological polar surface area (TPSA) is 28.4 Å². The van der Waals surface area contributed by atoms with Crippen LogP contribution in [0, 0.1) is 12.8 Å². The maximum Gasteiger partial charge on any atom is 0.105 e. The normalized spacial score (nSPS) is 23.7. The maximum absolute atomic E-state index is 5.38. The minimum absolute atomic E-state index is 0.222. The van der Waals surface area contributed by atoms with E-state index in [9.17, 15) is 0 Å². The fourth-order valence-electron chi connectivity index (χ4n) is 2.77. The van der Waals surface area contributed by atoms with E-state index in [0.717, 1.165) is 24.8 Å². The van der Waals surface area contributed by atoms with E-state index < -0.39 is 0 Å². The summed E-state index contributed by atoms with van der Waals surface area (Å²) < 4.78 is 5.38. The summed E-state index contributed by atoms with van der Waals surface area (Å²) in [5, 5.41) is 3.63. The number of nitrogens with one attached hydrogen (secondary N) is 1. The van der Waals surface area contributed by atoms with Gasteiger partial charge in [0, 0.05) is 23.7 Å². The number of nitrogens with zero attached hydrogens (tertiary/aromatic N) is 1. The first-order valence-corrected chi connectivity index (χ1v) is 7.35. The first-order chi connectivity index (χ1) is 8.87. The highest BCUT2D eigenvalue weighted by Crippen LogP contribution is 2.32. The van der Waals surface area contributed by atoms with Crippen LogP contribution >= 0.6 is 0 Å². The highest BCUT2D eigenvalue weighted by atomic mass is 16.3. The van der Waals surface area contributed by atoms with Crippen molar-refractivity contribution in [3.8, 4) is 0 Å². The van der Waals surface area contributed by atoms with Gasteiger partial charge in [0.2, 0.25) is 0 Å². The SMILES string of the molecule is Cc1occc1CN(C)C1CCC1CNC(C)(C)C. The summed E-state index contributed by atoms with van der Waals surface area (Å²) in [4.78, 5) is 2.48. The quantitative estimate of drug-likeness (QED) is 0.885. The lowest BCUT2D eigenvalue weighted by molar-refractivity contribution is 0.0735. The fraction of sp³-hybridized carbons (Fsp3) is 0.750. The van der Waals surface area contributed by atoms with Gasteiger partial charge in [-0.05, 0) is 66.1 Å². The molecule has 0 spiro atoms. The van der Waals surface area contributed by atoms with Gasteiger partial charge in [0.1, 0.15) is 5.76 Å². The van der Waals surface area contributed by atoms with Crippen LogP contribution in [0.5, 0.6) is 0 Å². The van der Waals surface area contributed by atoms with Crippen LogP contribution in [-0.2, 0) is 6.54 Å². The lowest BCUT2D eigenvalue weighted by Crippen LogP contribution is -2.51. The molecule has 1 aliphatic rings. The van der Waals surface area contributed by atoms with Crippen LogP contribution in [-0.4, -0.2) is 30.1 Å². The first-order valence-electron chi connectivity index (χ1n) is 7.35. The summed E-state index contributed by atoms with van der Waals surface area (Å²) in [5.41, 5.74) is 1.54. The monoisotopic (exact) mass is 264 g/mol. The zero-order chi connectivity index (χ0) is 14.0. The molecule has 2 unspecified atom stereocenters. The summed E-state index contributed by atoms with van der Waals surface area (Å²) in [6.07, 6.45) is 4.46. The van der Waals surface area contributed by atoms with Crippen molar-refractivity contribution < 1.29 is 4.42 Å². The highest BCUT2D eigenvalue weighted by molar-refractivity contribution is 5.15. The van der Waals surface area contributed by atoms with Gasteiger partial charge in [0.15, 0.2) is 0 Å². The predicted molar refractivity (Wildman–Crippen MR) is 79.2 cm³/mol. The van der Waals surface area contributed by atoms with Crippen LogP contribution in [0.2, 0.25) is 0 Å².